The smallest absolute Gasteiger partial charge is 0.325 e. The fourth-order valence-corrected chi connectivity index (χ4v) is 2.53. The molecule has 2 rings (SSSR count). The van der Waals surface area contributed by atoms with E-state index in [-0.39, 0.29) is 5.97 Å². The summed E-state index contributed by atoms with van der Waals surface area (Å²) >= 11 is 1.33. The molecule has 0 bridgehead atoms. The predicted molar refractivity (Wildman–Crippen MR) is 64.2 cm³/mol. The molecule has 0 spiro atoms. The standard InChI is InChI=1S/C10H14N4O2S/c1-4-5-7-11-12-10-14(7)13-6(2)8(17-10)9(15)16-3/h8H,4-5H2,1-3H3. The van der Waals surface area contributed by atoms with Crippen LogP contribution in [0.25, 0.3) is 0 Å². The highest BCUT2D eigenvalue weighted by atomic mass is 32.2. The predicted octanol–water partition coefficient (Wildman–Crippen LogP) is 1.10. The molecule has 0 fully saturated rings. The molecule has 1 aliphatic heterocycles. The third kappa shape index (κ3) is 2.19. The van der Waals surface area contributed by atoms with Crippen LogP contribution in [0.2, 0.25) is 0 Å². The summed E-state index contributed by atoms with van der Waals surface area (Å²) in [6.45, 7) is 3.89. The third-order valence-electron chi connectivity index (χ3n) is 2.43. The van der Waals surface area contributed by atoms with E-state index in [9.17, 15) is 4.79 Å². The molecule has 1 aromatic rings. The lowest BCUT2D eigenvalue weighted by Crippen LogP contribution is -2.30. The maximum absolute atomic E-state index is 11.5. The molecule has 7 heteroatoms. The molecule has 1 unspecified atom stereocenters. The van der Waals surface area contributed by atoms with Crippen LogP contribution >= 0.6 is 11.8 Å². The Kier molecular flexibility index (Phi) is 3.46. The number of hydrogen-bond donors (Lipinski definition) is 0. The van der Waals surface area contributed by atoms with Crippen molar-refractivity contribution in [1.82, 2.24) is 14.9 Å². The quantitative estimate of drug-likeness (QED) is 0.755. The van der Waals surface area contributed by atoms with Gasteiger partial charge in [0.05, 0.1) is 12.8 Å². The number of aromatic nitrogens is 3. The van der Waals surface area contributed by atoms with Crippen LogP contribution in [0.1, 0.15) is 26.1 Å². The molecule has 0 N–H and O–H groups in total. The normalized spacial score (nSPS) is 18.5. The van der Waals surface area contributed by atoms with Crippen LogP contribution in [0, 0.1) is 0 Å². The van der Waals surface area contributed by atoms with Crippen LogP contribution in [0.15, 0.2) is 10.3 Å². The summed E-state index contributed by atoms with van der Waals surface area (Å²) in [4.78, 5) is 11.5. The van der Waals surface area contributed by atoms with Gasteiger partial charge in [-0.25, -0.2) is 0 Å². The second-order valence-corrected chi connectivity index (χ2v) is 4.80. The first-order valence-electron chi connectivity index (χ1n) is 5.41. The Balaban J connectivity index is 2.31. The van der Waals surface area contributed by atoms with E-state index < -0.39 is 5.25 Å². The number of thioether (sulfide) groups is 1. The van der Waals surface area contributed by atoms with Crippen molar-refractivity contribution < 1.29 is 9.53 Å². The summed E-state index contributed by atoms with van der Waals surface area (Å²) in [6, 6.07) is 0. The number of nitrogens with zero attached hydrogens (tertiary/aromatic N) is 4. The number of rotatable bonds is 3. The minimum atomic E-state index is -0.411. The lowest BCUT2D eigenvalue weighted by Gasteiger charge is -2.18. The van der Waals surface area contributed by atoms with Gasteiger partial charge in [0.15, 0.2) is 5.82 Å². The molecule has 0 aliphatic carbocycles. The lowest BCUT2D eigenvalue weighted by molar-refractivity contribution is -0.138. The summed E-state index contributed by atoms with van der Waals surface area (Å²) in [5, 5.41) is 12.7. The van der Waals surface area contributed by atoms with Gasteiger partial charge in [-0.05, 0) is 13.3 Å². The first-order valence-corrected chi connectivity index (χ1v) is 6.29. The van der Waals surface area contributed by atoms with Gasteiger partial charge in [-0.15, -0.1) is 10.2 Å². The molecule has 17 heavy (non-hydrogen) atoms. The van der Waals surface area contributed by atoms with Crippen LogP contribution in [-0.4, -0.2) is 38.9 Å². The van der Waals surface area contributed by atoms with Crippen molar-refractivity contribution in [3.05, 3.63) is 5.82 Å². The topological polar surface area (TPSA) is 69.4 Å². The second kappa shape index (κ2) is 4.87. The zero-order chi connectivity index (χ0) is 12.4. The van der Waals surface area contributed by atoms with Crippen molar-refractivity contribution in [3.8, 4) is 0 Å². The van der Waals surface area contributed by atoms with E-state index in [1.165, 1.54) is 18.9 Å². The second-order valence-electron chi connectivity index (χ2n) is 3.72. The summed E-state index contributed by atoms with van der Waals surface area (Å²) in [5.41, 5.74) is 0.714. The number of fused-ring (bicyclic) bond motifs is 1. The molecule has 0 aromatic carbocycles. The van der Waals surface area contributed by atoms with E-state index in [0.717, 1.165) is 18.7 Å². The summed E-state index contributed by atoms with van der Waals surface area (Å²) in [7, 11) is 1.37. The average molecular weight is 254 g/mol. The van der Waals surface area contributed by atoms with E-state index in [2.05, 4.69) is 22.2 Å². The minimum Gasteiger partial charge on any atom is -0.468 e. The summed E-state index contributed by atoms with van der Waals surface area (Å²) < 4.78 is 6.44. The molecule has 0 saturated carbocycles. The van der Waals surface area contributed by atoms with E-state index in [1.54, 1.807) is 4.68 Å². The summed E-state index contributed by atoms with van der Waals surface area (Å²) in [6.07, 6.45) is 1.81. The number of hydrogen-bond acceptors (Lipinski definition) is 6. The molecule has 0 amide bonds. The number of carbonyl (C=O) groups excluding carboxylic acids is 1. The van der Waals surface area contributed by atoms with Crippen molar-refractivity contribution in [2.75, 3.05) is 7.11 Å². The molecule has 0 saturated heterocycles. The van der Waals surface area contributed by atoms with Crippen LogP contribution in [-0.2, 0) is 16.0 Å². The molecule has 1 aromatic heterocycles. The molecule has 2 heterocycles. The minimum absolute atomic E-state index is 0.303. The Labute approximate surface area is 103 Å². The van der Waals surface area contributed by atoms with Crippen molar-refractivity contribution in [2.24, 2.45) is 5.10 Å². The fourth-order valence-electron chi connectivity index (χ4n) is 1.58. The Morgan fingerprint density at radius 3 is 2.94 bits per heavy atom. The van der Waals surface area contributed by atoms with Gasteiger partial charge < -0.3 is 4.74 Å². The third-order valence-corrected chi connectivity index (χ3v) is 3.66. The molecule has 0 radical (unpaired) electrons. The van der Waals surface area contributed by atoms with Crippen molar-refractivity contribution in [2.45, 2.75) is 37.1 Å². The molecule has 92 valence electrons. The SMILES string of the molecule is CCCc1nnc2n1N=C(C)C(C(=O)OC)S2. The maximum Gasteiger partial charge on any atom is 0.325 e. The van der Waals surface area contributed by atoms with Crippen molar-refractivity contribution >= 4 is 23.4 Å². The highest BCUT2D eigenvalue weighted by Gasteiger charge is 2.31. The fraction of sp³-hybridized carbons (Fsp3) is 0.600. The Morgan fingerprint density at radius 1 is 1.53 bits per heavy atom. The van der Waals surface area contributed by atoms with E-state index in [0.29, 0.717) is 10.9 Å². The number of esters is 1. The van der Waals surface area contributed by atoms with E-state index in [4.69, 9.17) is 4.74 Å². The number of carbonyl (C=O) groups is 1. The van der Waals surface area contributed by atoms with Crippen LogP contribution in [0.4, 0.5) is 0 Å². The first-order chi connectivity index (χ1) is 8.17. The van der Waals surface area contributed by atoms with Crippen molar-refractivity contribution in [1.29, 1.82) is 0 Å². The van der Waals surface area contributed by atoms with Gasteiger partial charge >= 0.3 is 5.97 Å². The molecular formula is C10H14N4O2S. The largest absolute Gasteiger partial charge is 0.468 e. The Hall–Kier alpha value is -1.37. The molecule has 1 atom stereocenters. The number of methoxy groups -OCH3 is 1. The zero-order valence-electron chi connectivity index (χ0n) is 10.0. The van der Waals surface area contributed by atoms with E-state index >= 15 is 0 Å². The Bertz CT molecular complexity index is 469. The van der Waals surface area contributed by atoms with Gasteiger partial charge in [-0.2, -0.15) is 9.78 Å². The van der Waals surface area contributed by atoms with Gasteiger partial charge in [-0.3, -0.25) is 4.79 Å². The van der Waals surface area contributed by atoms with Crippen LogP contribution < -0.4 is 0 Å². The summed E-state index contributed by atoms with van der Waals surface area (Å²) in [5.74, 6) is 0.528. The van der Waals surface area contributed by atoms with Gasteiger partial charge in [-0.1, -0.05) is 18.7 Å². The highest BCUT2D eigenvalue weighted by molar-refractivity contribution is 8.01. The number of aryl methyl sites for hydroxylation is 1. The van der Waals surface area contributed by atoms with Gasteiger partial charge in [0.25, 0.3) is 0 Å². The average Bonchev–Trinajstić information content (AvgIpc) is 2.70. The maximum atomic E-state index is 11.5. The van der Waals surface area contributed by atoms with E-state index in [1.807, 2.05) is 6.92 Å². The zero-order valence-corrected chi connectivity index (χ0v) is 10.8. The Morgan fingerprint density at radius 2 is 2.29 bits per heavy atom. The molecule has 1 aliphatic rings. The molecular weight excluding hydrogens is 240 g/mol. The van der Waals surface area contributed by atoms with Gasteiger partial charge in [0.1, 0.15) is 5.25 Å². The van der Waals surface area contributed by atoms with Gasteiger partial charge in [0, 0.05) is 6.42 Å². The molecule has 6 nitrogen and oxygen atoms in total. The van der Waals surface area contributed by atoms with Crippen LogP contribution in [0.3, 0.4) is 0 Å². The van der Waals surface area contributed by atoms with Gasteiger partial charge in [0.2, 0.25) is 5.16 Å². The number of ether oxygens (including phenoxy) is 1. The monoisotopic (exact) mass is 254 g/mol. The van der Waals surface area contributed by atoms with Crippen LogP contribution in [0.5, 0.6) is 0 Å². The highest BCUT2D eigenvalue weighted by Crippen LogP contribution is 2.28. The van der Waals surface area contributed by atoms with Crippen molar-refractivity contribution in [3.63, 3.8) is 0 Å². The lowest BCUT2D eigenvalue weighted by atomic mass is 10.3. The first kappa shape index (κ1) is 12.1.